The number of likely N-dealkylation sites (tertiary alicyclic amines) is 1. The van der Waals surface area contributed by atoms with Crippen molar-refractivity contribution in [3.05, 3.63) is 36.0 Å². The molecule has 3 aliphatic rings. The molecule has 5 rings (SSSR count). The minimum Gasteiger partial charge on any atom is -0.374 e. The molecule has 3 aliphatic heterocycles. The van der Waals surface area contributed by atoms with Crippen LogP contribution in [0.1, 0.15) is 25.3 Å². The van der Waals surface area contributed by atoms with Gasteiger partial charge < -0.3 is 19.9 Å². The van der Waals surface area contributed by atoms with Gasteiger partial charge in [0.25, 0.3) is 0 Å². The molecule has 138 valence electrons. The summed E-state index contributed by atoms with van der Waals surface area (Å²) in [5, 5.41) is 4.83. The number of aliphatic imine (C=N–C) groups is 1. The van der Waals surface area contributed by atoms with E-state index < -0.39 is 0 Å². The minimum atomic E-state index is 0.504. The van der Waals surface area contributed by atoms with E-state index in [2.05, 4.69) is 52.6 Å². The van der Waals surface area contributed by atoms with Crippen molar-refractivity contribution >= 4 is 16.9 Å². The predicted octanol–water partition coefficient (Wildman–Crippen LogP) is 2.79. The maximum Gasteiger partial charge on any atom is 0.193 e. The van der Waals surface area contributed by atoms with Crippen LogP contribution >= 0.6 is 0 Å². The second kappa shape index (κ2) is 6.62. The lowest BCUT2D eigenvalue weighted by atomic mass is 9.82. The molecule has 0 spiro atoms. The highest BCUT2D eigenvalue weighted by atomic mass is 16.5. The maximum atomic E-state index is 6.11. The number of nitrogens with one attached hydrogen (secondary N) is 2. The number of hydrogen-bond acceptors (Lipinski definition) is 2. The van der Waals surface area contributed by atoms with E-state index in [9.17, 15) is 0 Å². The van der Waals surface area contributed by atoms with Gasteiger partial charge in [-0.1, -0.05) is 18.2 Å². The van der Waals surface area contributed by atoms with E-state index in [1.54, 1.807) is 0 Å². The average Bonchev–Trinajstić information content (AvgIpc) is 3.42. The van der Waals surface area contributed by atoms with Crippen molar-refractivity contribution in [2.45, 2.75) is 38.4 Å². The zero-order chi connectivity index (χ0) is 17.5. The van der Waals surface area contributed by atoms with Crippen LogP contribution in [0.2, 0.25) is 0 Å². The third-order valence-corrected chi connectivity index (χ3v) is 6.40. The quantitative estimate of drug-likeness (QED) is 0.657. The number of fused-ring (bicyclic) bond motifs is 6. The van der Waals surface area contributed by atoms with Gasteiger partial charge in [-0.15, -0.1) is 0 Å². The lowest BCUT2D eigenvalue weighted by Crippen LogP contribution is -2.41. The molecule has 1 aromatic heterocycles. The van der Waals surface area contributed by atoms with Crippen LogP contribution in [0, 0.1) is 11.8 Å². The number of hydrogen-bond donors (Lipinski definition) is 2. The summed E-state index contributed by atoms with van der Waals surface area (Å²) in [6.07, 6.45) is 6.62. The number of aromatic amines is 1. The van der Waals surface area contributed by atoms with E-state index in [1.807, 2.05) is 0 Å². The van der Waals surface area contributed by atoms with Crippen LogP contribution in [0.5, 0.6) is 0 Å². The predicted molar refractivity (Wildman–Crippen MR) is 104 cm³/mol. The molecular formula is C21H28N4O. The molecule has 4 atom stereocenters. The van der Waals surface area contributed by atoms with Gasteiger partial charge in [0.1, 0.15) is 0 Å². The first-order chi connectivity index (χ1) is 12.8. The normalized spacial score (nSPS) is 30.3. The molecule has 26 heavy (non-hydrogen) atoms. The monoisotopic (exact) mass is 352 g/mol. The molecule has 3 saturated heterocycles. The Bertz CT molecular complexity index is 795. The highest BCUT2D eigenvalue weighted by molar-refractivity contribution is 5.83. The van der Waals surface area contributed by atoms with Crippen LogP contribution in [0.25, 0.3) is 10.9 Å². The number of guanidine groups is 1. The van der Waals surface area contributed by atoms with Gasteiger partial charge >= 0.3 is 0 Å². The van der Waals surface area contributed by atoms with Gasteiger partial charge in [0.15, 0.2) is 5.96 Å². The SMILES string of the molecule is CCNC(=NCCc1c[nH]c2ccccc12)N1CC2C3CCC(O3)C2C1. The van der Waals surface area contributed by atoms with Gasteiger partial charge in [0.05, 0.1) is 12.2 Å². The second-order valence-electron chi connectivity index (χ2n) is 7.87. The fraction of sp³-hybridized carbons (Fsp3) is 0.571. The van der Waals surface area contributed by atoms with Crippen LogP contribution in [0.4, 0.5) is 0 Å². The summed E-state index contributed by atoms with van der Waals surface area (Å²) in [4.78, 5) is 10.8. The summed E-state index contributed by atoms with van der Waals surface area (Å²) >= 11 is 0. The van der Waals surface area contributed by atoms with Crippen molar-refractivity contribution in [2.24, 2.45) is 16.8 Å². The molecule has 3 fully saturated rings. The molecule has 0 amide bonds. The first kappa shape index (κ1) is 16.2. The number of benzene rings is 1. The Balaban J connectivity index is 1.27. The molecule has 1 aromatic carbocycles. The summed E-state index contributed by atoms with van der Waals surface area (Å²) in [5.74, 6) is 2.51. The van der Waals surface area contributed by atoms with Gasteiger partial charge in [-0.2, -0.15) is 0 Å². The lowest BCUT2D eigenvalue weighted by Gasteiger charge is -2.23. The first-order valence-corrected chi connectivity index (χ1v) is 10.1. The highest BCUT2D eigenvalue weighted by Gasteiger charge is 2.53. The van der Waals surface area contributed by atoms with Crippen molar-refractivity contribution in [2.75, 3.05) is 26.2 Å². The Morgan fingerprint density at radius 3 is 2.77 bits per heavy atom. The fourth-order valence-electron chi connectivity index (χ4n) is 5.18. The van der Waals surface area contributed by atoms with E-state index in [4.69, 9.17) is 9.73 Å². The molecule has 2 N–H and O–H groups in total. The smallest absolute Gasteiger partial charge is 0.193 e. The summed E-state index contributed by atoms with van der Waals surface area (Å²) in [6.45, 7) is 6.09. The standard InChI is InChI=1S/C21H28N4O/c1-2-22-21(25-12-16-17(13-25)20-8-7-19(16)26-20)23-10-9-14-11-24-18-6-4-3-5-15(14)18/h3-6,11,16-17,19-20,24H,2,7-10,12-13H2,1H3,(H,22,23). The Labute approximate surface area is 154 Å². The van der Waals surface area contributed by atoms with E-state index in [0.29, 0.717) is 24.0 Å². The molecule has 0 aliphatic carbocycles. The van der Waals surface area contributed by atoms with Crippen molar-refractivity contribution in [3.8, 4) is 0 Å². The zero-order valence-corrected chi connectivity index (χ0v) is 15.4. The Hall–Kier alpha value is -2.01. The minimum absolute atomic E-state index is 0.504. The number of rotatable bonds is 4. The van der Waals surface area contributed by atoms with Crippen LogP contribution in [-0.2, 0) is 11.2 Å². The second-order valence-corrected chi connectivity index (χ2v) is 7.87. The molecule has 2 bridgehead atoms. The Kier molecular flexibility index (Phi) is 4.12. The largest absolute Gasteiger partial charge is 0.374 e. The van der Waals surface area contributed by atoms with Gasteiger partial charge in [-0.05, 0) is 37.8 Å². The van der Waals surface area contributed by atoms with E-state index >= 15 is 0 Å². The van der Waals surface area contributed by atoms with Crippen LogP contribution in [0.15, 0.2) is 35.5 Å². The molecule has 5 heteroatoms. The van der Waals surface area contributed by atoms with E-state index in [-0.39, 0.29) is 0 Å². The van der Waals surface area contributed by atoms with Crippen molar-refractivity contribution in [1.29, 1.82) is 0 Å². The fourth-order valence-corrected chi connectivity index (χ4v) is 5.18. The number of aromatic nitrogens is 1. The maximum absolute atomic E-state index is 6.11. The number of ether oxygens (including phenoxy) is 1. The summed E-state index contributed by atoms with van der Waals surface area (Å²) in [5.41, 5.74) is 2.56. The van der Waals surface area contributed by atoms with E-state index in [1.165, 1.54) is 29.3 Å². The molecule has 4 heterocycles. The lowest BCUT2D eigenvalue weighted by molar-refractivity contribution is 0.0767. The average molecular weight is 352 g/mol. The number of H-pyrrole nitrogens is 1. The van der Waals surface area contributed by atoms with Crippen molar-refractivity contribution in [1.82, 2.24) is 15.2 Å². The van der Waals surface area contributed by atoms with Crippen molar-refractivity contribution < 1.29 is 4.74 Å². The van der Waals surface area contributed by atoms with Crippen LogP contribution in [0.3, 0.4) is 0 Å². The van der Waals surface area contributed by atoms with Crippen LogP contribution < -0.4 is 5.32 Å². The van der Waals surface area contributed by atoms with Crippen molar-refractivity contribution in [3.63, 3.8) is 0 Å². The third-order valence-electron chi connectivity index (χ3n) is 6.40. The molecule has 0 saturated carbocycles. The summed E-state index contributed by atoms with van der Waals surface area (Å²) in [7, 11) is 0. The Morgan fingerprint density at radius 2 is 2.00 bits per heavy atom. The van der Waals surface area contributed by atoms with Gasteiger partial charge in [0, 0.05) is 55.1 Å². The number of para-hydroxylation sites is 1. The Morgan fingerprint density at radius 1 is 1.23 bits per heavy atom. The third kappa shape index (κ3) is 2.69. The van der Waals surface area contributed by atoms with Crippen LogP contribution in [-0.4, -0.2) is 54.2 Å². The van der Waals surface area contributed by atoms with Gasteiger partial charge in [-0.3, -0.25) is 4.99 Å². The zero-order valence-electron chi connectivity index (χ0n) is 15.4. The van der Waals surface area contributed by atoms with Gasteiger partial charge in [0.2, 0.25) is 0 Å². The first-order valence-electron chi connectivity index (χ1n) is 10.1. The number of nitrogens with zero attached hydrogens (tertiary/aromatic N) is 2. The molecule has 2 aromatic rings. The van der Waals surface area contributed by atoms with E-state index in [0.717, 1.165) is 38.6 Å². The highest BCUT2D eigenvalue weighted by Crippen LogP contribution is 2.47. The topological polar surface area (TPSA) is 52.7 Å². The summed E-state index contributed by atoms with van der Waals surface area (Å²) in [6, 6.07) is 8.50. The summed E-state index contributed by atoms with van der Waals surface area (Å²) < 4.78 is 6.11. The molecule has 5 nitrogen and oxygen atoms in total. The molecule has 0 radical (unpaired) electrons. The van der Waals surface area contributed by atoms with Gasteiger partial charge in [-0.25, -0.2) is 0 Å². The molecular weight excluding hydrogens is 324 g/mol. The molecule has 4 unspecified atom stereocenters.